The summed E-state index contributed by atoms with van der Waals surface area (Å²) in [6.45, 7) is 1.01. The van der Waals surface area contributed by atoms with Crippen LogP contribution in [0.25, 0.3) is 22.0 Å². The molecule has 1 aromatic heterocycles. The topological polar surface area (TPSA) is 46.9 Å². The molecule has 1 aliphatic rings. The molecule has 4 aromatic rings. The van der Waals surface area contributed by atoms with Gasteiger partial charge < -0.3 is 9.88 Å². The second kappa shape index (κ2) is 6.40. The highest BCUT2D eigenvalue weighted by atomic mass is 16.1. The molecular weight excluding hydrogens is 334 g/mol. The van der Waals surface area contributed by atoms with Gasteiger partial charge in [-0.25, -0.2) is 4.98 Å². The van der Waals surface area contributed by atoms with Crippen LogP contribution in [-0.2, 0) is 13.0 Å². The summed E-state index contributed by atoms with van der Waals surface area (Å²) in [7, 11) is 0. The average molecular weight is 353 g/mol. The van der Waals surface area contributed by atoms with E-state index in [0.29, 0.717) is 5.56 Å². The number of anilines is 1. The molecule has 1 amide bonds. The largest absolute Gasteiger partial charge is 0.328 e. The van der Waals surface area contributed by atoms with Crippen molar-refractivity contribution in [2.75, 3.05) is 5.32 Å². The van der Waals surface area contributed by atoms with Crippen LogP contribution in [-0.4, -0.2) is 15.5 Å². The molecule has 27 heavy (non-hydrogen) atoms. The number of hydrogen-bond acceptors (Lipinski definition) is 2. The van der Waals surface area contributed by atoms with E-state index in [-0.39, 0.29) is 5.91 Å². The zero-order valence-corrected chi connectivity index (χ0v) is 14.9. The Morgan fingerprint density at radius 2 is 1.85 bits per heavy atom. The van der Waals surface area contributed by atoms with E-state index >= 15 is 0 Å². The summed E-state index contributed by atoms with van der Waals surface area (Å²) in [5, 5.41) is 5.22. The van der Waals surface area contributed by atoms with E-state index in [4.69, 9.17) is 0 Å². The Kier molecular flexibility index (Phi) is 3.75. The molecule has 132 valence electrons. The Labute approximate surface area is 157 Å². The zero-order chi connectivity index (χ0) is 18.2. The molecule has 1 aliphatic heterocycles. The quantitative estimate of drug-likeness (QED) is 0.569. The molecule has 0 fully saturated rings. The number of rotatable bonds is 3. The first-order chi connectivity index (χ1) is 13.3. The maximum Gasteiger partial charge on any atom is 0.255 e. The van der Waals surface area contributed by atoms with Crippen molar-refractivity contribution in [1.82, 2.24) is 9.55 Å². The first-order valence-corrected chi connectivity index (χ1v) is 9.23. The van der Waals surface area contributed by atoms with Gasteiger partial charge in [-0.3, -0.25) is 4.79 Å². The van der Waals surface area contributed by atoms with Crippen LogP contribution in [0.1, 0.15) is 22.6 Å². The van der Waals surface area contributed by atoms with Gasteiger partial charge in [-0.05, 0) is 41.5 Å². The highest BCUT2D eigenvalue weighted by Crippen LogP contribution is 2.27. The van der Waals surface area contributed by atoms with E-state index in [1.165, 1.54) is 0 Å². The molecule has 0 bridgehead atoms. The monoisotopic (exact) mass is 353 g/mol. The summed E-state index contributed by atoms with van der Waals surface area (Å²) < 4.78 is 2.27. The second-order valence-electron chi connectivity index (χ2n) is 6.91. The molecule has 0 saturated carbocycles. The average Bonchev–Trinajstić information content (AvgIpc) is 3.31. The van der Waals surface area contributed by atoms with Gasteiger partial charge in [0.1, 0.15) is 5.82 Å². The summed E-state index contributed by atoms with van der Waals surface area (Å²) in [5.74, 6) is 1.05. The number of fused-ring (bicyclic) bond motifs is 2. The van der Waals surface area contributed by atoms with Crippen molar-refractivity contribution in [3.8, 4) is 11.3 Å². The van der Waals surface area contributed by atoms with Crippen molar-refractivity contribution in [2.45, 2.75) is 19.4 Å². The van der Waals surface area contributed by atoms with Crippen molar-refractivity contribution < 1.29 is 4.79 Å². The van der Waals surface area contributed by atoms with Gasteiger partial charge in [0.25, 0.3) is 5.91 Å². The Hall–Kier alpha value is -3.40. The molecule has 0 radical (unpaired) electrons. The van der Waals surface area contributed by atoms with Gasteiger partial charge in [0, 0.05) is 29.8 Å². The summed E-state index contributed by atoms with van der Waals surface area (Å²) in [6, 6.07) is 21.8. The van der Waals surface area contributed by atoms with Crippen LogP contribution in [0.5, 0.6) is 0 Å². The third-order valence-electron chi connectivity index (χ3n) is 5.15. The van der Waals surface area contributed by atoms with Crippen molar-refractivity contribution >= 4 is 22.4 Å². The molecule has 0 aliphatic carbocycles. The third kappa shape index (κ3) is 2.89. The van der Waals surface area contributed by atoms with Gasteiger partial charge in [-0.15, -0.1) is 0 Å². The Bertz CT molecular complexity index is 1160. The van der Waals surface area contributed by atoms with E-state index < -0.39 is 0 Å². The van der Waals surface area contributed by atoms with Gasteiger partial charge in [0.15, 0.2) is 0 Å². The molecule has 3 aromatic carbocycles. The van der Waals surface area contributed by atoms with Gasteiger partial charge in [-0.2, -0.15) is 0 Å². The normalized spacial score (nSPS) is 12.9. The molecule has 4 heteroatoms. The Balaban J connectivity index is 1.42. The van der Waals surface area contributed by atoms with E-state index in [2.05, 4.69) is 20.9 Å². The minimum absolute atomic E-state index is 0.101. The van der Waals surface area contributed by atoms with E-state index in [1.807, 2.05) is 66.9 Å². The highest BCUT2D eigenvalue weighted by Gasteiger charge is 2.17. The standard InChI is InChI=1S/C23H19N3O/c27-23(19-11-10-16-5-1-2-6-17(16)13-19)25-20-8-3-7-18(14-20)21-15-24-22-9-4-12-26(21)22/h1-3,5-8,10-11,13-15H,4,9,12H2,(H,25,27). The van der Waals surface area contributed by atoms with E-state index in [9.17, 15) is 4.79 Å². The fourth-order valence-electron chi connectivity index (χ4n) is 3.78. The Morgan fingerprint density at radius 1 is 0.963 bits per heavy atom. The molecule has 0 saturated heterocycles. The summed E-state index contributed by atoms with van der Waals surface area (Å²) >= 11 is 0. The van der Waals surface area contributed by atoms with Gasteiger partial charge in [0.05, 0.1) is 11.9 Å². The predicted octanol–water partition coefficient (Wildman–Crippen LogP) is 4.90. The van der Waals surface area contributed by atoms with Gasteiger partial charge in [-0.1, -0.05) is 42.5 Å². The van der Waals surface area contributed by atoms with Crippen LogP contribution < -0.4 is 5.32 Å². The maximum atomic E-state index is 12.7. The number of hydrogen-bond donors (Lipinski definition) is 1. The highest BCUT2D eigenvalue weighted by molar-refractivity contribution is 6.06. The number of aromatic nitrogens is 2. The number of imidazole rings is 1. The summed E-state index contributed by atoms with van der Waals surface area (Å²) in [5.41, 5.74) is 3.64. The lowest BCUT2D eigenvalue weighted by molar-refractivity contribution is 0.102. The fraction of sp³-hybridized carbons (Fsp3) is 0.130. The molecule has 2 heterocycles. The number of aryl methyl sites for hydroxylation is 1. The number of nitrogens with zero attached hydrogens (tertiary/aromatic N) is 2. The SMILES string of the molecule is O=C(Nc1cccc(-c2cnc3n2CCC3)c1)c1ccc2ccccc2c1. The van der Waals surface area contributed by atoms with Crippen LogP contribution in [0.2, 0.25) is 0 Å². The second-order valence-corrected chi connectivity index (χ2v) is 6.91. The molecule has 4 nitrogen and oxygen atoms in total. The molecule has 0 unspecified atom stereocenters. The number of nitrogens with one attached hydrogen (secondary N) is 1. The summed E-state index contributed by atoms with van der Waals surface area (Å²) in [6.07, 6.45) is 4.12. The predicted molar refractivity (Wildman–Crippen MR) is 108 cm³/mol. The van der Waals surface area contributed by atoms with E-state index in [0.717, 1.165) is 52.9 Å². The number of carbonyl (C=O) groups excluding carboxylic acids is 1. The van der Waals surface area contributed by atoms with Gasteiger partial charge in [0.2, 0.25) is 0 Å². The fourth-order valence-corrected chi connectivity index (χ4v) is 3.78. The number of carbonyl (C=O) groups is 1. The maximum absolute atomic E-state index is 12.7. The van der Waals surface area contributed by atoms with Crippen molar-refractivity contribution in [2.24, 2.45) is 0 Å². The molecule has 0 atom stereocenters. The lowest BCUT2D eigenvalue weighted by Crippen LogP contribution is -2.11. The Morgan fingerprint density at radius 3 is 2.78 bits per heavy atom. The van der Waals surface area contributed by atoms with Crippen molar-refractivity contribution in [1.29, 1.82) is 0 Å². The molecular formula is C23H19N3O. The van der Waals surface area contributed by atoms with Crippen LogP contribution in [0.3, 0.4) is 0 Å². The van der Waals surface area contributed by atoms with E-state index in [1.54, 1.807) is 0 Å². The number of amides is 1. The minimum Gasteiger partial charge on any atom is -0.328 e. The lowest BCUT2D eigenvalue weighted by atomic mass is 10.1. The van der Waals surface area contributed by atoms with Crippen LogP contribution >= 0.6 is 0 Å². The first-order valence-electron chi connectivity index (χ1n) is 9.23. The molecule has 1 N–H and O–H groups in total. The smallest absolute Gasteiger partial charge is 0.255 e. The lowest BCUT2D eigenvalue weighted by Gasteiger charge is -2.09. The molecule has 5 rings (SSSR count). The summed E-state index contributed by atoms with van der Waals surface area (Å²) in [4.78, 5) is 17.2. The molecule has 0 spiro atoms. The minimum atomic E-state index is -0.101. The van der Waals surface area contributed by atoms with Crippen molar-refractivity contribution in [3.05, 3.63) is 84.3 Å². The zero-order valence-electron chi connectivity index (χ0n) is 14.9. The van der Waals surface area contributed by atoms with Gasteiger partial charge >= 0.3 is 0 Å². The van der Waals surface area contributed by atoms with Crippen LogP contribution in [0.15, 0.2) is 72.9 Å². The van der Waals surface area contributed by atoms with Crippen LogP contribution in [0, 0.1) is 0 Å². The van der Waals surface area contributed by atoms with Crippen LogP contribution in [0.4, 0.5) is 5.69 Å². The first kappa shape index (κ1) is 15.8. The van der Waals surface area contributed by atoms with Crippen molar-refractivity contribution in [3.63, 3.8) is 0 Å². The number of benzene rings is 3. The third-order valence-corrected chi connectivity index (χ3v) is 5.15.